The number of benzene rings is 1. The van der Waals surface area contributed by atoms with E-state index in [1.165, 1.54) is 30.0 Å². The zero-order valence-electron chi connectivity index (χ0n) is 12.2. The van der Waals surface area contributed by atoms with E-state index in [1.807, 2.05) is 0 Å². The van der Waals surface area contributed by atoms with Crippen LogP contribution in [0, 0.1) is 12.8 Å². The van der Waals surface area contributed by atoms with E-state index in [0.29, 0.717) is 11.7 Å². The number of carbonyl (C=O) groups is 1. The van der Waals surface area contributed by atoms with Gasteiger partial charge in [-0.2, -0.15) is 0 Å². The Morgan fingerprint density at radius 3 is 2.74 bits per heavy atom. The van der Waals surface area contributed by atoms with Gasteiger partial charge in [0.05, 0.1) is 12.9 Å². The van der Waals surface area contributed by atoms with E-state index in [1.54, 1.807) is 0 Å². The van der Waals surface area contributed by atoms with E-state index in [0.717, 1.165) is 18.0 Å². The van der Waals surface area contributed by atoms with Crippen LogP contribution >= 0.6 is 11.8 Å². The summed E-state index contributed by atoms with van der Waals surface area (Å²) in [6.45, 7) is 8.43. The highest BCUT2D eigenvalue weighted by molar-refractivity contribution is 8.00. The highest BCUT2D eigenvalue weighted by Gasteiger charge is 2.04. The van der Waals surface area contributed by atoms with Gasteiger partial charge in [0.1, 0.15) is 0 Å². The molecule has 0 saturated carbocycles. The van der Waals surface area contributed by atoms with Gasteiger partial charge in [-0.05, 0) is 42.6 Å². The van der Waals surface area contributed by atoms with Crippen molar-refractivity contribution >= 4 is 17.7 Å². The average molecular weight is 281 g/mol. The summed E-state index contributed by atoms with van der Waals surface area (Å²) < 4.78 is 4.63. The fourth-order valence-corrected chi connectivity index (χ4v) is 2.48. The first kappa shape index (κ1) is 16.1. The molecule has 0 spiro atoms. The molecule has 1 aromatic rings. The Balaban J connectivity index is 2.51. The minimum Gasteiger partial charge on any atom is -0.468 e. The standard InChI is InChI=1S/C15H23NO2S/c1-11(2)8-16-9-13-5-6-14(7-12(13)3)19-10-15(17)18-4/h5-7,11,16H,8-10H2,1-4H3. The minimum atomic E-state index is -0.190. The number of aryl methyl sites for hydroxylation is 1. The molecule has 19 heavy (non-hydrogen) atoms. The summed E-state index contributed by atoms with van der Waals surface area (Å²) >= 11 is 1.51. The molecule has 0 radical (unpaired) electrons. The Labute approximate surface area is 120 Å². The molecule has 0 amide bonds. The van der Waals surface area contributed by atoms with Crippen molar-refractivity contribution in [1.82, 2.24) is 5.32 Å². The van der Waals surface area contributed by atoms with E-state index >= 15 is 0 Å². The van der Waals surface area contributed by atoms with Crippen molar-refractivity contribution < 1.29 is 9.53 Å². The average Bonchev–Trinajstić information content (AvgIpc) is 2.37. The number of nitrogens with one attached hydrogen (secondary N) is 1. The molecule has 106 valence electrons. The molecule has 3 nitrogen and oxygen atoms in total. The minimum absolute atomic E-state index is 0.190. The maximum absolute atomic E-state index is 11.1. The first-order valence-electron chi connectivity index (χ1n) is 6.52. The predicted octanol–water partition coefficient (Wildman–Crippen LogP) is 3.01. The number of methoxy groups -OCH3 is 1. The number of ether oxygens (including phenoxy) is 1. The largest absolute Gasteiger partial charge is 0.468 e. The summed E-state index contributed by atoms with van der Waals surface area (Å²) in [6, 6.07) is 6.31. The maximum Gasteiger partial charge on any atom is 0.315 e. The van der Waals surface area contributed by atoms with Crippen LogP contribution < -0.4 is 5.32 Å². The monoisotopic (exact) mass is 281 g/mol. The fraction of sp³-hybridized carbons (Fsp3) is 0.533. The Morgan fingerprint density at radius 1 is 1.42 bits per heavy atom. The predicted molar refractivity (Wildman–Crippen MR) is 80.5 cm³/mol. The number of hydrogen-bond acceptors (Lipinski definition) is 4. The molecule has 0 bridgehead atoms. The van der Waals surface area contributed by atoms with Gasteiger partial charge in [-0.3, -0.25) is 4.79 Å². The lowest BCUT2D eigenvalue weighted by Crippen LogP contribution is -2.19. The lowest BCUT2D eigenvalue weighted by atomic mass is 10.1. The van der Waals surface area contributed by atoms with Crippen LogP contribution in [0.5, 0.6) is 0 Å². The Bertz CT molecular complexity index is 419. The summed E-state index contributed by atoms with van der Waals surface area (Å²) in [5, 5.41) is 3.44. The Kier molecular flexibility index (Phi) is 6.95. The fourth-order valence-electron chi connectivity index (χ4n) is 1.65. The Hall–Kier alpha value is -1.00. The molecule has 0 saturated heterocycles. The maximum atomic E-state index is 11.1. The van der Waals surface area contributed by atoms with Crippen molar-refractivity contribution in [2.75, 3.05) is 19.4 Å². The van der Waals surface area contributed by atoms with Crippen molar-refractivity contribution in [3.63, 3.8) is 0 Å². The van der Waals surface area contributed by atoms with Crippen LogP contribution in [-0.2, 0) is 16.1 Å². The molecule has 0 heterocycles. The highest BCUT2D eigenvalue weighted by atomic mass is 32.2. The molecule has 1 N–H and O–H groups in total. The van der Waals surface area contributed by atoms with E-state index < -0.39 is 0 Å². The molecular weight excluding hydrogens is 258 g/mol. The second-order valence-corrected chi connectivity index (χ2v) is 6.03. The van der Waals surface area contributed by atoms with Crippen molar-refractivity contribution in [2.24, 2.45) is 5.92 Å². The van der Waals surface area contributed by atoms with Crippen LogP contribution in [-0.4, -0.2) is 25.4 Å². The van der Waals surface area contributed by atoms with Crippen LogP contribution in [0.2, 0.25) is 0 Å². The summed E-state index contributed by atoms with van der Waals surface area (Å²) in [5.41, 5.74) is 2.56. The molecule has 0 aliphatic heterocycles. The van der Waals surface area contributed by atoms with Gasteiger partial charge in [0.25, 0.3) is 0 Å². The van der Waals surface area contributed by atoms with E-state index in [-0.39, 0.29) is 5.97 Å². The van der Waals surface area contributed by atoms with Crippen molar-refractivity contribution in [3.05, 3.63) is 29.3 Å². The van der Waals surface area contributed by atoms with Crippen molar-refractivity contribution in [2.45, 2.75) is 32.2 Å². The zero-order chi connectivity index (χ0) is 14.3. The first-order chi connectivity index (χ1) is 9.02. The molecule has 0 aliphatic carbocycles. The van der Waals surface area contributed by atoms with Gasteiger partial charge in [-0.15, -0.1) is 11.8 Å². The van der Waals surface area contributed by atoms with Crippen LogP contribution in [0.4, 0.5) is 0 Å². The van der Waals surface area contributed by atoms with Crippen LogP contribution in [0.15, 0.2) is 23.1 Å². The molecule has 0 aromatic heterocycles. The lowest BCUT2D eigenvalue weighted by Gasteiger charge is -2.11. The summed E-state index contributed by atoms with van der Waals surface area (Å²) in [6.07, 6.45) is 0. The molecule has 0 aliphatic rings. The molecule has 0 unspecified atom stereocenters. The zero-order valence-corrected chi connectivity index (χ0v) is 13.0. The number of carbonyl (C=O) groups excluding carboxylic acids is 1. The quantitative estimate of drug-likeness (QED) is 0.616. The number of esters is 1. The summed E-state index contributed by atoms with van der Waals surface area (Å²) in [7, 11) is 1.41. The second-order valence-electron chi connectivity index (χ2n) is 4.98. The Morgan fingerprint density at radius 2 is 2.16 bits per heavy atom. The van der Waals surface area contributed by atoms with E-state index in [4.69, 9.17) is 0 Å². The number of hydrogen-bond donors (Lipinski definition) is 1. The van der Waals surface area contributed by atoms with Gasteiger partial charge in [-0.25, -0.2) is 0 Å². The van der Waals surface area contributed by atoms with Gasteiger partial charge in [-0.1, -0.05) is 19.9 Å². The van der Waals surface area contributed by atoms with Gasteiger partial charge in [0, 0.05) is 11.4 Å². The smallest absolute Gasteiger partial charge is 0.315 e. The van der Waals surface area contributed by atoms with Gasteiger partial charge >= 0.3 is 5.97 Å². The molecule has 1 aromatic carbocycles. The SMILES string of the molecule is COC(=O)CSc1ccc(CNCC(C)C)c(C)c1. The van der Waals surface area contributed by atoms with Crippen molar-refractivity contribution in [3.8, 4) is 0 Å². The van der Waals surface area contributed by atoms with Crippen LogP contribution in [0.3, 0.4) is 0 Å². The molecular formula is C15H23NO2S. The molecule has 4 heteroatoms. The lowest BCUT2D eigenvalue weighted by molar-refractivity contribution is -0.137. The van der Waals surface area contributed by atoms with Crippen molar-refractivity contribution in [1.29, 1.82) is 0 Å². The topological polar surface area (TPSA) is 38.3 Å². The first-order valence-corrected chi connectivity index (χ1v) is 7.51. The van der Waals surface area contributed by atoms with Crippen LogP contribution in [0.1, 0.15) is 25.0 Å². The molecule has 0 fully saturated rings. The van der Waals surface area contributed by atoms with Gasteiger partial charge < -0.3 is 10.1 Å². The highest BCUT2D eigenvalue weighted by Crippen LogP contribution is 2.21. The third kappa shape index (κ3) is 6.12. The summed E-state index contributed by atoms with van der Waals surface area (Å²) in [4.78, 5) is 12.2. The number of thioether (sulfide) groups is 1. The number of rotatable bonds is 7. The van der Waals surface area contributed by atoms with E-state index in [9.17, 15) is 4.79 Å². The second kappa shape index (κ2) is 8.23. The van der Waals surface area contributed by atoms with Gasteiger partial charge in [0.2, 0.25) is 0 Å². The van der Waals surface area contributed by atoms with Crippen LogP contribution in [0.25, 0.3) is 0 Å². The molecule has 1 rings (SSSR count). The third-order valence-electron chi connectivity index (χ3n) is 2.77. The molecule has 0 atom stereocenters. The third-order valence-corrected chi connectivity index (χ3v) is 3.73. The summed E-state index contributed by atoms with van der Waals surface area (Å²) in [5.74, 6) is 0.835. The van der Waals surface area contributed by atoms with E-state index in [2.05, 4.69) is 49.0 Å². The van der Waals surface area contributed by atoms with Gasteiger partial charge in [0.15, 0.2) is 0 Å². The normalized spacial score (nSPS) is 10.8.